The molecule has 0 aliphatic rings. The summed E-state index contributed by atoms with van der Waals surface area (Å²) in [4.78, 5) is 21.8. The van der Waals surface area contributed by atoms with Crippen molar-refractivity contribution in [3.63, 3.8) is 0 Å². The Morgan fingerprint density at radius 2 is 2.27 bits per heavy atom. The fourth-order valence-electron chi connectivity index (χ4n) is 1.06. The van der Waals surface area contributed by atoms with Crippen molar-refractivity contribution in [3.05, 3.63) is 33.9 Å². The third kappa shape index (κ3) is 2.45. The van der Waals surface area contributed by atoms with E-state index in [1.165, 1.54) is 30.0 Å². The number of hydrogen-bond donors (Lipinski definition) is 2. The molecule has 0 saturated carbocycles. The van der Waals surface area contributed by atoms with Crippen LogP contribution in [0.3, 0.4) is 0 Å². The van der Waals surface area contributed by atoms with Crippen LogP contribution in [0.15, 0.2) is 23.1 Å². The van der Waals surface area contributed by atoms with E-state index >= 15 is 0 Å². The third-order valence-electron chi connectivity index (χ3n) is 1.77. The van der Waals surface area contributed by atoms with Crippen molar-refractivity contribution in [3.8, 4) is 0 Å². The van der Waals surface area contributed by atoms with Crippen molar-refractivity contribution >= 4 is 23.4 Å². The van der Waals surface area contributed by atoms with E-state index in [1.807, 2.05) is 5.43 Å². The van der Waals surface area contributed by atoms with Crippen molar-refractivity contribution in [1.82, 2.24) is 5.43 Å². The lowest BCUT2D eigenvalue weighted by Gasteiger charge is -2.02. The van der Waals surface area contributed by atoms with Gasteiger partial charge in [0.15, 0.2) is 0 Å². The van der Waals surface area contributed by atoms with E-state index < -0.39 is 10.8 Å². The average molecular weight is 227 g/mol. The van der Waals surface area contributed by atoms with E-state index in [-0.39, 0.29) is 11.3 Å². The molecule has 0 unspecified atom stereocenters. The Bertz CT molecular complexity index is 408. The first-order chi connectivity index (χ1) is 7.10. The van der Waals surface area contributed by atoms with Gasteiger partial charge in [-0.3, -0.25) is 20.3 Å². The Labute approximate surface area is 90.0 Å². The number of nitro benzene ring substituents is 1. The molecule has 0 bridgehead atoms. The number of thioether (sulfide) groups is 1. The Hall–Kier alpha value is -1.60. The van der Waals surface area contributed by atoms with E-state index in [4.69, 9.17) is 5.84 Å². The van der Waals surface area contributed by atoms with Crippen molar-refractivity contribution < 1.29 is 9.72 Å². The standard InChI is InChI=1S/C8H9N3O3S/c1-15-7-3-2-5(8(12)10-9)4-6(7)11(13)14/h2-4H,9H2,1H3,(H,10,12). The Morgan fingerprint density at radius 1 is 1.60 bits per heavy atom. The maximum absolute atomic E-state index is 11.1. The van der Waals surface area contributed by atoms with Crippen LogP contribution < -0.4 is 11.3 Å². The van der Waals surface area contributed by atoms with E-state index in [2.05, 4.69) is 0 Å². The van der Waals surface area contributed by atoms with Crippen LogP contribution in [0.25, 0.3) is 0 Å². The minimum absolute atomic E-state index is 0.0939. The highest BCUT2D eigenvalue weighted by Crippen LogP contribution is 2.28. The van der Waals surface area contributed by atoms with Crippen molar-refractivity contribution in [2.24, 2.45) is 5.84 Å². The molecule has 0 aliphatic carbocycles. The number of carbonyl (C=O) groups excluding carboxylic acids is 1. The van der Waals surface area contributed by atoms with Gasteiger partial charge < -0.3 is 0 Å². The topological polar surface area (TPSA) is 98.3 Å². The molecule has 0 saturated heterocycles. The molecule has 0 fully saturated rings. The van der Waals surface area contributed by atoms with Gasteiger partial charge in [-0.05, 0) is 18.4 Å². The number of hydrazine groups is 1. The van der Waals surface area contributed by atoms with Gasteiger partial charge in [0.05, 0.1) is 9.82 Å². The van der Waals surface area contributed by atoms with Crippen LogP contribution in [0.1, 0.15) is 10.4 Å². The SMILES string of the molecule is CSc1ccc(C(=O)NN)cc1[N+](=O)[O-]. The Morgan fingerprint density at radius 3 is 2.73 bits per heavy atom. The number of hydrogen-bond acceptors (Lipinski definition) is 5. The van der Waals surface area contributed by atoms with Crippen molar-refractivity contribution in [2.75, 3.05) is 6.26 Å². The Balaban J connectivity index is 3.22. The maximum atomic E-state index is 11.1. The van der Waals surface area contributed by atoms with Gasteiger partial charge in [-0.15, -0.1) is 11.8 Å². The van der Waals surface area contributed by atoms with Gasteiger partial charge in [-0.2, -0.15) is 0 Å². The molecular weight excluding hydrogens is 218 g/mol. The fourth-order valence-corrected chi connectivity index (χ4v) is 1.60. The Kier molecular flexibility index (Phi) is 3.64. The lowest BCUT2D eigenvalue weighted by Crippen LogP contribution is -2.29. The zero-order chi connectivity index (χ0) is 11.4. The summed E-state index contributed by atoms with van der Waals surface area (Å²) in [7, 11) is 0. The summed E-state index contributed by atoms with van der Waals surface area (Å²) in [5, 5.41) is 10.7. The summed E-state index contributed by atoms with van der Waals surface area (Å²) in [6.07, 6.45) is 1.73. The number of amides is 1. The van der Waals surface area contributed by atoms with Gasteiger partial charge in [0.2, 0.25) is 0 Å². The van der Waals surface area contributed by atoms with Crippen LogP contribution in [0.2, 0.25) is 0 Å². The molecule has 0 radical (unpaired) electrons. The molecular formula is C8H9N3O3S. The van der Waals surface area contributed by atoms with Crippen molar-refractivity contribution in [1.29, 1.82) is 0 Å². The number of nitrogens with two attached hydrogens (primary N) is 1. The molecule has 80 valence electrons. The van der Waals surface area contributed by atoms with Crippen LogP contribution in [0, 0.1) is 10.1 Å². The van der Waals surface area contributed by atoms with Gasteiger partial charge in [0.1, 0.15) is 0 Å². The summed E-state index contributed by atoms with van der Waals surface area (Å²) in [5.74, 6) is 4.38. The first kappa shape index (κ1) is 11.5. The summed E-state index contributed by atoms with van der Waals surface area (Å²) in [6, 6.07) is 4.21. The van der Waals surface area contributed by atoms with Gasteiger partial charge in [-0.1, -0.05) is 0 Å². The van der Waals surface area contributed by atoms with Crippen LogP contribution in [0.4, 0.5) is 5.69 Å². The summed E-state index contributed by atoms with van der Waals surface area (Å²) < 4.78 is 0. The van der Waals surface area contributed by atoms with E-state index in [0.717, 1.165) is 0 Å². The van der Waals surface area contributed by atoms with Gasteiger partial charge >= 0.3 is 0 Å². The summed E-state index contributed by atoms with van der Waals surface area (Å²) in [6.45, 7) is 0. The molecule has 0 aliphatic heterocycles. The summed E-state index contributed by atoms with van der Waals surface area (Å²) in [5.41, 5.74) is 1.99. The van der Waals surface area contributed by atoms with Crippen LogP contribution in [-0.2, 0) is 0 Å². The van der Waals surface area contributed by atoms with Gasteiger partial charge in [0.25, 0.3) is 11.6 Å². The molecule has 1 amide bonds. The first-order valence-electron chi connectivity index (χ1n) is 3.93. The predicted octanol–water partition coefficient (Wildman–Crippen LogP) is 0.920. The second kappa shape index (κ2) is 4.76. The molecule has 1 aromatic carbocycles. The zero-order valence-corrected chi connectivity index (χ0v) is 8.71. The molecule has 6 nitrogen and oxygen atoms in total. The maximum Gasteiger partial charge on any atom is 0.283 e. The molecule has 0 aromatic heterocycles. The van der Waals surface area contributed by atoms with Crippen LogP contribution >= 0.6 is 11.8 Å². The highest BCUT2D eigenvalue weighted by molar-refractivity contribution is 7.98. The molecule has 0 heterocycles. The quantitative estimate of drug-likeness (QED) is 0.263. The molecule has 7 heteroatoms. The lowest BCUT2D eigenvalue weighted by molar-refractivity contribution is -0.387. The van der Waals surface area contributed by atoms with Gasteiger partial charge in [0, 0.05) is 11.6 Å². The fraction of sp³-hybridized carbons (Fsp3) is 0.125. The predicted molar refractivity (Wildman–Crippen MR) is 56.5 cm³/mol. The van der Waals surface area contributed by atoms with Crippen LogP contribution in [-0.4, -0.2) is 17.1 Å². The number of nitrogen functional groups attached to an aromatic ring is 1. The highest BCUT2D eigenvalue weighted by Gasteiger charge is 2.16. The van der Waals surface area contributed by atoms with Crippen LogP contribution in [0.5, 0.6) is 0 Å². The zero-order valence-electron chi connectivity index (χ0n) is 7.89. The summed E-state index contributed by atoms with van der Waals surface area (Å²) >= 11 is 1.25. The first-order valence-corrected chi connectivity index (χ1v) is 5.16. The minimum atomic E-state index is -0.550. The van der Waals surface area contributed by atoms with Gasteiger partial charge in [-0.25, -0.2) is 5.84 Å². The molecule has 1 rings (SSSR count). The molecule has 0 atom stereocenters. The highest BCUT2D eigenvalue weighted by atomic mass is 32.2. The number of carbonyl (C=O) groups is 1. The molecule has 0 spiro atoms. The minimum Gasteiger partial charge on any atom is -0.290 e. The monoisotopic (exact) mass is 227 g/mol. The smallest absolute Gasteiger partial charge is 0.283 e. The number of nitrogens with zero attached hydrogens (tertiary/aromatic N) is 1. The van der Waals surface area contributed by atoms with E-state index in [9.17, 15) is 14.9 Å². The largest absolute Gasteiger partial charge is 0.290 e. The molecule has 15 heavy (non-hydrogen) atoms. The normalized spacial score (nSPS) is 9.73. The number of nitro groups is 1. The number of nitrogens with one attached hydrogen (secondary N) is 1. The van der Waals surface area contributed by atoms with E-state index in [1.54, 1.807) is 6.26 Å². The lowest BCUT2D eigenvalue weighted by atomic mass is 10.2. The van der Waals surface area contributed by atoms with Crippen molar-refractivity contribution in [2.45, 2.75) is 4.90 Å². The number of benzene rings is 1. The average Bonchev–Trinajstić information content (AvgIpc) is 2.27. The molecule has 1 aromatic rings. The number of rotatable bonds is 3. The van der Waals surface area contributed by atoms with E-state index in [0.29, 0.717) is 4.90 Å². The second-order valence-electron chi connectivity index (χ2n) is 2.62. The molecule has 3 N–H and O–H groups in total. The third-order valence-corrected chi connectivity index (χ3v) is 2.55. The second-order valence-corrected chi connectivity index (χ2v) is 3.47.